The van der Waals surface area contributed by atoms with Crippen molar-refractivity contribution in [1.29, 1.82) is 0 Å². The van der Waals surface area contributed by atoms with Crippen molar-refractivity contribution in [2.75, 3.05) is 6.54 Å². The molecular weight excluding hydrogens is 318 g/mol. The summed E-state index contributed by atoms with van der Waals surface area (Å²) < 4.78 is 1.23. The summed E-state index contributed by atoms with van der Waals surface area (Å²) in [5.41, 5.74) is 2.74. The SMILES string of the molecule is CCNC(CCc1ccc(C)cc1)c1sccc1Br. The minimum atomic E-state index is 0.445. The van der Waals surface area contributed by atoms with Crippen LogP contribution in [0.4, 0.5) is 0 Å². The van der Waals surface area contributed by atoms with Gasteiger partial charge in [-0.2, -0.15) is 0 Å². The Bertz CT molecular complexity index is 504. The van der Waals surface area contributed by atoms with Gasteiger partial charge < -0.3 is 5.32 Å². The molecule has 0 aliphatic carbocycles. The van der Waals surface area contributed by atoms with Gasteiger partial charge in [-0.3, -0.25) is 0 Å². The predicted octanol–water partition coefficient (Wildman–Crippen LogP) is 5.10. The molecule has 0 radical (unpaired) electrons. The van der Waals surface area contributed by atoms with E-state index in [1.54, 1.807) is 0 Å². The van der Waals surface area contributed by atoms with E-state index in [1.165, 1.54) is 20.5 Å². The van der Waals surface area contributed by atoms with Gasteiger partial charge in [0.25, 0.3) is 0 Å². The molecule has 0 aliphatic heterocycles. The van der Waals surface area contributed by atoms with E-state index in [9.17, 15) is 0 Å². The zero-order valence-electron chi connectivity index (χ0n) is 11.4. The van der Waals surface area contributed by atoms with E-state index >= 15 is 0 Å². The van der Waals surface area contributed by atoms with Crippen LogP contribution in [-0.2, 0) is 6.42 Å². The van der Waals surface area contributed by atoms with Gasteiger partial charge in [0.05, 0.1) is 0 Å². The molecule has 0 amide bonds. The fourth-order valence-electron chi connectivity index (χ4n) is 2.19. The van der Waals surface area contributed by atoms with Crippen LogP contribution < -0.4 is 5.32 Å². The highest BCUT2D eigenvalue weighted by Crippen LogP contribution is 2.31. The second-order valence-electron chi connectivity index (χ2n) is 4.77. The molecule has 1 unspecified atom stereocenters. The van der Waals surface area contributed by atoms with Crippen molar-refractivity contribution in [3.8, 4) is 0 Å². The molecule has 0 fully saturated rings. The summed E-state index contributed by atoms with van der Waals surface area (Å²) in [4.78, 5) is 1.41. The standard InChI is InChI=1S/C16H20BrNS/c1-3-18-15(16-14(17)10-11-19-16)9-8-13-6-4-12(2)5-7-13/h4-7,10-11,15,18H,3,8-9H2,1-2H3. The van der Waals surface area contributed by atoms with Crippen molar-refractivity contribution in [3.63, 3.8) is 0 Å². The van der Waals surface area contributed by atoms with Gasteiger partial charge in [0.2, 0.25) is 0 Å². The van der Waals surface area contributed by atoms with Crippen molar-refractivity contribution in [2.45, 2.75) is 32.7 Å². The van der Waals surface area contributed by atoms with E-state index < -0.39 is 0 Å². The molecule has 1 aromatic heterocycles. The third kappa shape index (κ3) is 4.16. The lowest BCUT2D eigenvalue weighted by molar-refractivity contribution is 0.521. The zero-order chi connectivity index (χ0) is 13.7. The number of thiophene rings is 1. The van der Waals surface area contributed by atoms with Crippen molar-refractivity contribution in [3.05, 3.63) is 56.2 Å². The van der Waals surface area contributed by atoms with Gasteiger partial charge in [0.1, 0.15) is 0 Å². The second kappa shape index (κ2) is 7.22. The summed E-state index contributed by atoms with van der Waals surface area (Å²) in [5, 5.41) is 5.74. The molecular formula is C16H20BrNS. The first kappa shape index (κ1) is 14.8. The molecule has 0 spiro atoms. The molecule has 0 aliphatic rings. The van der Waals surface area contributed by atoms with Crippen LogP contribution in [0.1, 0.15) is 35.4 Å². The molecule has 1 atom stereocenters. The summed E-state index contributed by atoms with van der Waals surface area (Å²) in [6.07, 6.45) is 2.25. The van der Waals surface area contributed by atoms with E-state index in [1.807, 2.05) is 11.3 Å². The Balaban J connectivity index is 2.01. The van der Waals surface area contributed by atoms with Gasteiger partial charge in [-0.1, -0.05) is 36.8 Å². The molecule has 1 aromatic carbocycles. The molecule has 1 heterocycles. The minimum Gasteiger partial charge on any atom is -0.309 e. The first-order valence-electron chi connectivity index (χ1n) is 6.72. The quantitative estimate of drug-likeness (QED) is 0.772. The van der Waals surface area contributed by atoms with Crippen LogP contribution in [-0.4, -0.2) is 6.54 Å². The van der Waals surface area contributed by atoms with Crippen molar-refractivity contribution >= 4 is 27.3 Å². The van der Waals surface area contributed by atoms with Crippen LogP contribution >= 0.6 is 27.3 Å². The van der Waals surface area contributed by atoms with Crippen LogP contribution in [0.5, 0.6) is 0 Å². The van der Waals surface area contributed by atoms with Crippen LogP contribution in [0.2, 0.25) is 0 Å². The number of aryl methyl sites for hydroxylation is 2. The lowest BCUT2D eigenvalue weighted by atomic mass is 10.0. The third-order valence-electron chi connectivity index (χ3n) is 3.25. The molecule has 19 heavy (non-hydrogen) atoms. The lowest BCUT2D eigenvalue weighted by Gasteiger charge is -2.17. The van der Waals surface area contributed by atoms with Crippen molar-refractivity contribution in [1.82, 2.24) is 5.32 Å². The fraction of sp³-hybridized carbons (Fsp3) is 0.375. The third-order valence-corrected chi connectivity index (χ3v) is 5.24. The number of hydrogen-bond donors (Lipinski definition) is 1. The van der Waals surface area contributed by atoms with Gasteiger partial charge in [-0.25, -0.2) is 0 Å². The summed E-state index contributed by atoms with van der Waals surface area (Å²) in [7, 11) is 0. The molecule has 2 rings (SSSR count). The number of hydrogen-bond acceptors (Lipinski definition) is 2. The minimum absolute atomic E-state index is 0.445. The zero-order valence-corrected chi connectivity index (χ0v) is 13.9. The Labute approximate surface area is 128 Å². The number of nitrogens with one attached hydrogen (secondary N) is 1. The van der Waals surface area contributed by atoms with Crippen molar-refractivity contribution in [2.24, 2.45) is 0 Å². The molecule has 0 saturated heterocycles. The number of rotatable bonds is 6. The summed E-state index contributed by atoms with van der Waals surface area (Å²) in [6.45, 7) is 5.30. The summed E-state index contributed by atoms with van der Waals surface area (Å²) in [5.74, 6) is 0. The lowest BCUT2D eigenvalue weighted by Crippen LogP contribution is -2.20. The van der Waals surface area contributed by atoms with Gasteiger partial charge >= 0.3 is 0 Å². The van der Waals surface area contributed by atoms with Crippen LogP contribution in [0, 0.1) is 6.92 Å². The smallest absolute Gasteiger partial charge is 0.0429 e. The number of benzene rings is 1. The Morgan fingerprint density at radius 1 is 1.21 bits per heavy atom. The van der Waals surface area contributed by atoms with E-state index in [-0.39, 0.29) is 0 Å². The molecule has 102 valence electrons. The molecule has 0 saturated carbocycles. The molecule has 1 nitrogen and oxygen atoms in total. The van der Waals surface area contributed by atoms with E-state index in [0.717, 1.165) is 19.4 Å². The Morgan fingerprint density at radius 3 is 2.53 bits per heavy atom. The first-order valence-corrected chi connectivity index (χ1v) is 8.39. The Hall–Kier alpha value is -0.640. The van der Waals surface area contributed by atoms with E-state index in [0.29, 0.717) is 6.04 Å². The van der Waals surface area contributed by atoms with Gasteiger partial charge in [-0.15, -0.1) is 11.3 Å². The van der Waals surface area contributed by atoms with E-state index in [4.69, 9.17) is 0 Å². The van der Waals surface area contributed by atoms with Gasteiger partial charge in [0, 0.05) is 15.4 Å². The molecule has 2 aromatic rings. The first-order chi connectivity index (χ1) is 9.20. The summed E-state index contributed by atoms with van der Waals surface area (Å²) >= 11 is 5.47. The number of halogens is 1. The maximum atomic E-state index is 3.64. The molecule has 3 heteroatoms. The Kier molecular flexibility index (Phi) is 5.61. The fourth-order valence-corrected chi connectivity index (χ4v) is 3.95. The normalized spacial score (nSPS) is 12.6. The van der Waals surface area contributed by atoms with Gasteiger partial charge in [0.15, 0.2) is 0 Å². The van der Waals surface area contributed by atoms with E-state index in [2.05, 4.69) is 70.8 Å². The predicted molar refractivity (Wildman–Crippen MR) is 87.9 cm³/mol. The monoisotopic (exact) mass is 337 g/mol. The Morgan fingerprint density at radius 2 is 1.95 bits per heavy atom. The molecule has 1 N–H and O–H groups in total. The van der Waals surface area contributed by atoms with Crippen LogP contribution in [0.3, 0.4) is 0 Å². The summed E-state index contributed by atoms with van der Waals surface area (Å²) in [6, 6.07) is 11.4. The highest BCUT2D eigenvalue weighted by atomic mass is 79.9. The average Bonchev–Trinajstić information content (AvgIpc) is 2.83. The topological polar surface area (TPSA) is 12.0 Å². The largest absolute Gasteiger partial charge is 0.309 e. The highest BCUT2D eigenvalue weighted by molar-refractivity contribution is 9.10. The average molecular weight is 338 g/mol. The molecule has 0 bridgehead atoms. The van der Waals surface area contributed by atoms with Crippen LogP contribution in [0.15, 0.2) is 40.2 Å². The second-order valence-corrected chi connectivity index (χ2v) is 6.57. The van der Waals surface area contributed by atoms with Crippen molar-refractivity contribution < 1.29 is 0 Å². The maximum absolute atomic E-state index is 3.64. The maximum Gasteiger partial charge on any atom is 0.0429 e. The highest BCUT2D eigenvalue weighted by Gasteiger charge is 2.14. The van der Waals surface area contributed by atoms with Gasteiger partial charge in [-0.05, 0) is 59.2 Å². The van der Waals surface area contributed by atoms with Crippen LogP contribution in [0.25, 0.3) is 0 Å².